The lowest BCUT2D eigenvalue weighted by Gasteiger charge is -2.03. The van der Waals surface area contributed by atoms with Crippen molar-refractivity contribution < 1.29 is 9.21 Å². The van der Waals surface area contributed by atoms with Crippen molar-refractivity contribution >= 4 is 35.0 Å². The molecule has 0 bridgehead atoms. The number of hydrogen-bond donors (Lipinski definition) is 1. The molecule has 2 aromatic carbocycles. The van der Waals surface area contributed by atoms with Gasteiger partial charge in [-0.15, -0.1) is 22.0 Å². The Kier molecular flexibility index (Phi) is 5.17. The van der Waals surface area contributed by atoms with Gasteiger partial charge in [0.05, 0.1) is 16.3 Å². The Morgan fingerprint density at radius 3 is 2.62 bits per heavy atom. The van der Waals surface area contributed by atoms with E-state index < -0.39 is 0 Å². The zero-order valence-electron chi connectivity index (χ0n) is 12.8. The lowest BCUT2D eigenvalue weighted by molar-refractivity contribution is -0.114. The van der Waals surface area contributed by atoms with Crippen LogP contribution in [0.1, 0.15) is 12.8 Å². The third-order valence-corrected chi connectivity index (χ3v) is 4.43. The number of carbonyl (C=O) groups excluding carboxylic acids is 1. The van der Waals surface area contributed by atoms with Gasteiger partial charge in [0.15, 0.2) is 0 Å². The van der Waals surface area contributed by atoms with Gasteiger partial charge in [0.25, 0.3) is 0 Å². The van der Waals surface area contributed by atoms with E-state index in [1.54, 1.807) is 17.8 Å². The Morgan fingerprint density at radius 2 is 1.92 bits per heavy atom. The van der Waals surface area contributed by atoms with E-state index >= 15 is 0 Å². The average molecular weight is 360 g/mol. The van der Waals surface area contributed by atoms with E-state index in [1.807, 2.05) is 42.5 Å². The Bertz CT molecular complexity index is 849. The molecule has 0 spiro atoms. The molecule has 5 nitrogen and oxygen atoms in total. The molecule has 0 aliphatic carbocycles. The van der Waals surface area contributed by atoms with Gasteiger partial charge in [-0.25, -0.2) is 0 Å². The summed E-state index contributed by atoms with van der Waals surface area (Å²) in [6.07, 6.45) is 0. The van der Waals surface area contributed by atoms with Crippen LogP contribution in [0.2, 0.25) is 5.02 Å². The van der Waals surface area contributed by atoms with Crippen LogP contribution < -0.4 is 5.32 Å². The molecule has 0 unspecified atom stereocenters. The molecule has 24 heavy (non-hydrogen) atoms. The first-order valence-corrected chi connectivity index (χ1v) is 8.56. The first-order valence-electron chi connectivity index (χ1n) is 7.19. The average Bonchev–Trinajstić information content (AvgIpc) is 3.03. The molecule has 0 saturated heterocycles. The van der Waals surface area contributed by atoms with Crippen molar-refractivity contribution in [1.29, 1.82) is 0 Å². The number of aromatic nitrogens is 2. The Morgan fingerprint density at radius 1 is 1.17 bits per heavy atom. The summed E-state index contributed by atoms with van der Waals surface area (Å²) >= 11 is 7.70. The molecule has 1 aromatic heterocycles. The van der Waals surface area contributed by atoms with E-state index in [-0.39, 0.29) is 5.91 Å². The van der Waals surface area contributed by atoms with E-state index in [0.29, 0.717) is 22.6 Å². The molecule has 3 rings (SSSR count). The van der Waals surface area contributed by atoms with Crippen LogP contribution in [0.3, 0.4) is 0 Å². The SMILES string of the molecule is CC(=O)Nc1ccc(SCc2nnc(-c3ccccc3Cl)o2)cc1. The summed E-state index contributed by atoms with van der Waals surface area (Å²) < 4.78 is 5.66. The number of rotatable bonds is 5. The number of nitrogens with one attached hydrogen (secondary N) is 1. The number of anilines is 1. The van der Waals surface area contributed by atoms with Crippen LogP contribution in [0.5, 0.6) is 0 Å². The van der Waals surface area contributed by atoms with Crippen molar-refractivity contribution in [1.82, 2.24) is 10.2 Å². The van der Waals surface area contributed by atoms with E-state index in [1.165, 1.54) is 6.92 Å². The van der Waals surface area contributed by atoms with Crippen LogP contribution in [-0.4, -0.2) is 16.1 Å². The maximum Gasteiger partial charge on any atom is 0.249 e. The molecular weight excluding hydrogens is 346 g/mol. The Hall–Kier alpha value is -2.31. The summed E-state index contributed by atoms with van der Waals surface area (Å²) in [4.78, 5) is 12.0. The molecule has 0 aliphatic heterocycles. The maximum absolute atomic E-state index is 11.0. The third-order valence-electron chi connectivity index (χ3n) is 3.11. The van der Waals surface area contributed by atoms with Crippen molar-refractivity contribution in [3.63, 3.8) is 0 Å². The van der Waals surface area contributed by atoms with Crippen molar-refractivity contribution in [3.8, 4) is 11.5 Å². The highest BCUT2D eigenvalue weighted by atomic mass is 35.5. The van der Waals surface area contributed by atoms with Crippen molar-refractivity contribution in [2.24, 2.45) is 0 Å². The van der Waals surface area contributed by atoms with Crippen LogP contribution in [0.15, 0.2) is 57.8 Å². The summed E-state index contributed by atoms with van der Waals surface area (Å²) in [5.41, 5.74) is 1.49. The molecular formula is C17H14ClN3O2S. The standard InChI is InChI=1S/C17H14ClN3O2S/c1-11(22)19-12-6-8-13(9-7-12)24-10-16-20-21-17(23-16)14-4-2-3-5-15(14)18/h2-9H,10H2,1H3,(H,19,22). The van der Waals surface area contributed by atoms with E-state index in [9.17, 15) is 4.79 Å². The van der Waals surface area contributed by atoms with Crippen LogP contribution in [-0.2, 0) is 10.5 Å². The highest BCUT2D eigenvalue weighted by Gasteiger charge is 2.11. The highest BCUT2D eigenvalue weighted by molar-refractivity contribution is 7.98. The first kappa shape index (κ1) is 16.5. The Balaban J connectivity index is 1.63. The van der Waals surface area contributed by atoms with E-state index in [2.05, 4.69) is 15.5 Å². The predicted molar refractivity (Wildman–Crippen MR) is 95.1 cm³/mol. The topological polar surface area (TPSA) is 68.0 Å². The Labute approximate surface area is 148 Å². The molecule has 7 heteroatoms. The normalized spacial score (nSPS) is 10.6. The molecule has 1 N–H and O–H groups in total. The number of thioether (sulfide) groups is 1. The van der Waals surface area contributed by atoms with Crippen LogP contribution in [0, 0.1) is 0 Å². The van der Waals surface area contributed by atoms with Crippen LogP contribution in [0.25, 0.3) is 11.5 Å². The van der Waals surface area contributed by atoms with Crippen molar-refractivity contribution in [3.05, 3.63) is 59.4 Å². The first-order chi connectivity index (χ1) is 11.6. The summed E-state index contributed by atoms with van der Waals surface area (Å²) in [6.45, 7) is 1.48. The highest BCUT2D eigenvalue weighted by Crippen LogP contribution is 2.28. The fraction of sp³-hybridized carbons (Fsp3) is 0.118. The van der Waals surface area contributed by atoms with E-state index in [4.69, 9.17) is 16.0 Å². The van der Waals surface area contributed by atoms with Gasteiger partial charge >= 0.3 is 0 Å². The molecule has 3 aromatic rings. The second-order valence-corrected chi connectivity index (χ2v) is 6.43. The van der Waals surface area contributed by atoms with Gasteiger partial charge in [0.2, 0.25) is 17.7 Å². The van der Waals surface area contributed by atoms with Crippen LogP contribution >= 0.6 is 23.4 Å². The largest absolute Gasteiger partial charge is 0.420 e. The molecule has 122 valence electrons. The molecule has 0 aliphatic rings. The molecule has 1 heterocycles. The summed E-state index contributed by atoms with van der Waals surface area (Å²) in [7, 11) is 0. The minimum absolute atomic E-state index is 0.0895. The lowest BCUT2D eigenvalue weighted by Crippen LogP contribution is -2.05. The molecule has 0 fully saturated rings. The molecule has 1 amide bonds. The lowest BCUT2D eigenvalue weighted by atomic mass is 10.2. The van der Waals surface area contributed by atoms with Gasteiger partial charge in [0, 0.05) is 17.5 Å². The van der Waals surface area contributed by atoms with Crippen molar-refractivity contribution in [2.75, 3.05) is 5.32 Å². The fourth-order valence-electron chi connectivity index (χ4n) is 2.04. The second kappa shape index (κ2) is 7.51. The third kappa shape index (κ3) is 4.15. The van der Waals surface area contributed by atoms with Gasteiger partial charge in [-0.3, -0.25) is 4.79 Å². The van der Waals surface area contributed by atoms with Crippen LogP contribution in [0.4, 0.5) is 5.69 Å². The van der Waals surface area contributed by atoms with Gasteiger partial charge in [-0.05, 0) is 36.4 Å². The minimum atomic E-state index is -0.0895. The fourth-order valence-corrected chi connectivity index (χ4v) is 2.99. The van der Waals surface area contributed by atoms with E-state index in [0.717, 1.165) is 16.1 Å². The zero-order valence-corrected chi connectivity index (χ0v) is 14.4. The molecule has 0 saturated carbocycles. The van der Waals surface area contributed by atoms with Gasteiger partial charge in [0.1, 0.15) is 0 Å². The summed E-state index contributed by atoms with van der Waals surface area (Å²) in [5, 5.41) is 11.4. The number of benzene rings is 2. The van der Waals surface area contributed by atoms with Gasteiger partial charge in [-0.2, -0.15) is 0 Å². The number of hydrogen-bond acceptors (Lipinski definition) is 5. The second-order valence-electron chi connectivity index (χ2n) is 4.98. The number of halogens is 1. The van der Waals surface area contributed by atoms with Crippen molar-refractivity contribution in [2.45, 2.75) is 17.6 Å². The molecule has 0 radical (unpaired) electrons. The quantitative estimate of drug-likeness (QED) is 0.672. The summed E-state index contributed by atoms with van der Waals surface area (Å²) in [5.74, 6) is 1.41. The zero-order chi connectivity index (χ0) is 16.9. The van der Waals surface area contributed by atoms with Gasteiger partial charge < -0.3 is 9.73 Å². The predicted octanol–water partition coefficient (Wildman–Crippen LogP) is 4.64. The smallest absolute Gasteiger partial charge is 0.249 e. The molecule has 0 atom stereocenters. The van der Waals surface area contributed by atoms with Gasteiger partial charge in [-0.1, -0.05) is 23.7 Å². The maximum atomic E-state index is 11.0. The number of carbonyl (C=O) groups is 1. The monoisotopic (exact) mass is 359 g/mol. The number of amides is 1. The summed E-state index contributed by atoms with van der Waals surface area (Å²) in [6, 6.07) is 14.9. The number of nitrogens with zero attached hydrogens (tertiary/aromatic N) is 2. The minimum Gasteiger partial charge on any atom is -0.420 e.